The average Bonchev–Trinajstić information content (AvgIpc) is 2.47. The van der Waals surface area contributed by atoms with Gasteiger partial charge in [-0.1, -0.05) is 12.1 Å². The van der Waals surface area contributed by atoms with E-state index >= 15 is 0 Å². The summed E-state index contributed by atoms with van der Waals surface area (Å²) in [7, 11) is 0. The van der Waals surface area contributed by atoms with Gasteiger partial charge in [0.15, 0.2) is 6.61 Å². The summed E-state index contributed by atoms with van der Waals surface area (Å²) in [6.07, 6.45) is 0.881. The molecule has 0 aliphatic carbocycles. The van der Waals surface area contributed by atoms with E-state index < -0.39 is 0 Å². The fourth-order valence-electron chi connectivity index (χ4n) is 2.00. The highest BCUT2D eigenvalue weighted by atomic mass is 16.6. The summed E-state index contributed by atoms with van der Waals surface area (Å²) < 4.78 is 5.36. The Hall–Kier alpha value is -2.08. The fourth-order valence-corrected chi connectivity index (χ4v) is 2.00. The second-order valence-electron chi connectivity index (χ2n) is 4.36. The Labute approximate surface area is 117 Å². The normalized spacial score (nSPS) is 13.7. The molecule has 1 aliphatic rings. The van der Waals surface area contributed by atoms with Gasteiger partial charge in [0.05, 0.1) is 12.3 Å². The molecule has 2 rings (SSSR count). The van der Waals surface area contributed by atoms with Crippen molar-refractivity contribution in [2.24, 2.45) is 0 Å². The van der Waals surface area contributed by atoms with Gasteiger partial charge in [-0.25, -0.2) is 5.48 Å². The first-order valence-corrected chi connectivity index (χ1v) is 6.65. The Morgan fingerprint density at radius 3 is 3.05 bits per heavy atom. The molecule has 20 heavy (non-hydrogen) atoms. The first-order valence-electron chi connectivity index (χ1n) is 6.65. The highest BCUT2D eigenvalue weighted by molar-refractivity contribution is 5.97. The molecule has 1 aromatic rings. The molecule has 0 atom stereocenters. The number of amides is 2. The van der Waals surface area contributed by atoms with Crippen LogP contribution in [0.15, 0.2) is 24.3 Å². The Kier molecular flexibility index (Phi) is 4.95. The highest BCUT2D eigenvalue weighted by Crippen LogP contribution is 2.31. The lowest BCUT2D eigenvalue weighted by Crippen LogP contribution is -2.39. The number of para-hydroxylation sites is 2. The third-order valence-corrected chi connectivity index (χ3v) is 2.92. The molecule has 1 aliphatic heterocycles. The van der Waals surface area contributed by atoms with Crippen molar-refractivity contribution < 1.29 is 19.2 Å². The van der Waals surface area contributed by atoms with Crippen LogP contribution in [0.2, 0.25) is 0 Å². The van der Waals surface area contributed by atoms with Crippen LogP contribution in [0.25, 0.3) is 0 Å². The average molecular weight is 278 g/mol. The molecule has 0 saturated carbocycles. The minimum atomic E-state index is -0.180. The summed E-state index contributed by atoms with van der Waals surface area (Å²) in [5.74, 6) is 0.431. The Morgan fingerprint density at radius 2 is 2.25 bits per heavy atom. The van der Waals surface area contributed by atoms with Crippen LogP contribution in [0.4, 0.5) is 5.69 Å². The smallest absolute Gasteiger partial charge is 0.265 e. The monoisotopic (exact) mass is 278 g/mol. The van der Waals surface area contributed by atoms with Crippen LogP contribution in [-0.4, -0.2) is 31.6 Å². The minimum absolute atomic E-state index is 0.0438. The van der Waals surface area contributed by atoms with Gasteiger partial charge < -0.3 is 9.64 Å². The van der Waals surface area contributed by atoms with Crippen LogP contribution < -0.4 is 15.1 Å². The van der Waals surface area contributed by atoms with Crippen molar-refractivity contribution in [1.82, 2.24) is 5.48 Å². The number of ether oxygens (including phenoxy) is 1. The molecule has 1 heterocycles. The molecule has 0 spiro atoms. The second-order valence-corrected chi connectivity index (χ2v) is 4.36. The van der Waals surface area contributed by atoms with Gasteiger partial charge in [0.25, 0.3) is 5.91 Å². The quantitative estimate of drug-likeness (QED) is 0.795. The summed E-state index contributed by atoms with van der Waals surface area (Å²) in [6, 6.07) is 7.39. The molecule has 1 aromatic carbocycles. The molecular formula is C14H18N2O4. The Balaban J connectivity index is 1.89. The number of benzene rings is 1. The molecule has 6 nitrogen and oxygen atoms in total. The minimum Gasteiger partial charge on any atom is -0.482 e. The Bertz CT molecular complexity index is 490. The first-order chi connectivity index (χ1) is 9.72. The number of fused-ring (bicyclic) bond motifs is 1. The van der Waals surface area contributed by atoms with Crippen molar-refractivity contribution in [2.45, 2.75) is 19.8 Å². The molecule has 0 radical (unpaired) electrons. The number of rotatable bonds is 6. The van der Waals surface area contributed by atoms with Crippen LogP contribution in [0.5, 0.6) is 5.75 Å². The Morgan fingerprint density at radius 1 is 1.45 bits per heavy atom. The van der Waals surface area contributed by atoms with Crippen molar-refractivity contribution in [3.8, 4) is 5.75 Å². The fraction of sp³-hybridized carbons (Fsp3) is 0.429. The van der Waals surface area contributed by atoms with Gasteiger partial charge in [-0.2, -0.15) is 0 Å². The van der Waals surface area contributed by atoms with E-state index in [4.69, 9.17) is 9.57 Å². The van der Waals surface area contributed by atoms with Crippen LogP contribution in [0.1, 0.15) is 19.8 Å². The zero-order valence-electron chi connectivity index (χ0n) is 11.4. The predicted octanol–water partition coefficient (Wildman–Crippen LogP) is 1.26. The zero-order chi connectivity index (χ0) is 14.4. The number of hydrogen-bond donors (Lipinski definition) is 1. The SMILES string of the molecule is CCONC(=O)CCCN1C(=O)COc2ccccc21. The number of carbonyl (C=O) groups is 2. The van der Waals surface area contributed by atoms with Gasteiger partial charge in [-0.3, -0.25) is 14.4 Å². The molecule has 108 valence electrons. The van der Waals surface area contributed by atoms with E-state index in [0.29, 0.717) is 31.7 Å². The predicted molar refractivity (Wildman–Crippen MR) is 73.3 cm³/mol. The van der Waals surface area contributed by atoms with Crippen molar-refractivity contribution >= 4 is 17.5 Å². The van der Waals surface area contributed by atoms with Gasteiger partial charge in [0, 0.05) is 13.0 Å². The van der Waals surface area contributed by atoms with Crippen LogP contribution in [0.3, 0.4) is 0 Å². The molecule has 6 heteroatoms. The molecule has 0 bridgehead atoms. The van der Waals surface area contributed by atoms with E-state index in [2.05, 4.69) is 5.48 Å². The van der Waals surface area contributed by atoms with E-state index in [1.54, 1.807) is 11.8 Å². The third kappa shape index (κ3) is 3.48. The van der Waals surface area contributed by atoms with Gasteiger partial charge >= 0.3 is 0 Å². The lowest BCUT2D eigenvalue weighted by Gasteiger charge is -2.29. The summed E-state index contributed by atoms with van der Waals surface area (Å²) >= 11 is 0. The summed E-state index contributed by atoms with van der Waals surface area (Å²) in [6.45, 7) is 2.76. The maximum absolute atomic E-state index is 11.9. The summed E-state index contributed by atoms with van der Waals surface area (Å²) in [4.78, 5) is 29.8. The number of carbonyl (C=O) groups excluding carboxylic acids is 2. The van der Waals surface area contributed by atoms with Crippen LogP contribution in [0, 0.1) is 0 Å². The molecule has 1 N–H and O–H groups in total. The van der Waals surface area contributed by atoms with Gasteiger partial charge in [0.2, 0.25) is 5.91 Å². The van der Waals surface area contributed by atoms with Gasteiger partial charge in [0.1, 0.15) is 5.75 Å². The number of nitrogens with zero attached hydrogens (tertiary/aromatic N) is 1. The van der Waals surface area contributed by atoms with Crippen molar-refractivity contribution in [3.63, 3.8) is 0 Å². The topological polar surface area (TPSA) is 67.9 Å². The van der Waals surface area contributed by atoms with E-state index in [9.17, 15) is 9.59 Å². The first kappa shape index (κ1) is 14.3. The van der Waals surface area contributed by atoms with Gasteiger partial charge in [-0.05, 0) is 25.5 Å². The van der Waals surface area contributed by atoms with E-state index in [1.807, 2.05) is 24.3 Å². The largest absolute Gasteiger partial charge is 0.482 e. The van der Waals surface area contributed by atoms with Crippen molar-refractivity contribution in [2.75, 3.05) is 24.7 Å². The standard InChI is InChI=1S/C14H18N2O4/c1-2-20-15-13(17)8-5-9-16-11-6-3-4-7-12(11)19-10-14(16)18/h3-4,6-7H,2,5,8-10H2,1H3,(H,15,17). The van der Waals surface area contributed by atoms with Crippen molar-refractivity contribution in [1.29, 1.82) is 0 Å². The molecule has 2 amide bonds. The molecule has 0 aromatic heterocycles. The highest BCUT2D eigenvalue weighted by Gasteiger charge is 2.24. The second kappa shape index (κ2) is 6.91. The molecule has 0 saturated heterocycles. The maximum Gasteiger partial charge on any atom is 0.265 e. The maximum atomic E-state index is 11.9. The lowest BCUT2D eigenvalue weighted by atomic mass is 10.2. The zero-order valence-corrected chi connectivity index (χ0v) is 11.4. The molecule has 0 unspecified atom stereocenters. The van der Waals surface area contributed by atoms with E-state index in [1.165, 1.54) is 0 Å². The molecular weight excluding hydrogens is 260 g/mol. The molecule has 0 fully saturated rings. The summed E-state index contributed by atoms with van der Waals surface area (Å²) in [5, 5.41) is 0. The lowest BCUT2D eigenvalue weighted by molar-refractivity contribution is -0.133. The van der Waals surface area contributed by atoms with Crippen LogP contribution >= 0.6 is 0 Å². The van der Waals surface area contributed by atoms with Crippen LogP contribution in [-0.2, 0) is 14.4 Å². The van der Waals surface area contributed by atoms with Crippen molar-refractivity contribution in [3.05, 3.63) is 24.3 Å². The number of hydrogen-bond acceptors (Lipinski definition) is 4. The van der Waals surface area contributed by atoms with E-state index in [0.717, 1.165) is 5.69 Å². The number of hydroxylamine groups is 1. The number of anilines is 1. The third-order valence-electron chi connectivity index (χ3n) is 2.92. The summed E-state index contributed by atoms with van der Waals surface area (Å²) in [5.41, 5.74) is 3.09. The van der Waals surface area contributed by atoms with E-state index in [-0.39, 0.29) is 18.4 Å². The van der Waals surface area contributed by atoms with Gasteiger partial charge in [-0.15, -0.1) is 0 Å². The number of nitrogens with one attached hydrogen (secondary N) is 1.